The molecule has 0 saturated carbocycles. The maximum atomic E-state index is 2.47. The number of fused-ring (bicyclic) bond motifs is 8. The Balaban J connectivity index is 0.930. The lowest BCUT2D eigenvalue weighted by molar-refractivity contribution is 1.07. The van der Waals surface area contributed by atoms with E-state index < -0.39 is 0 Å². The first-order valence-corrected chi connectivity index (χ1v) is 25.6. The average Bonchev–Trinajstić information content (AvgIpc) is 4.15. The van der Waals surface area contributed by atoms with Crippen molar-refractivity contribution in [2.45, 2.75) is 0 Å². The van der Waals surface area contributed by atoms with Crippen LogP contribution in [-0.2, 0) is 0 Å². The molecule has 0 spiro atoms. The first kappa shape index (κ1) is 42.5. The molecule has 3 aromatic heterocycles. The minimum absolute atomic E-state index is 1.10. The van der Waals surface area contributed by atoms with E-state index in [0.29, 0.717) is 0 Å². The van der Waals surface area contributed by atoms with Crippen LogP contribution >= 0.6 is 11.3 Å². The molecule has 344 valence electrons. The van der Waals surface area contributed by atoms with Gasteiger partial charge in [0, 0.05) is 81.8 Å². The Labute approximate surface area is 427 Å². The van der Waals surface area contributed by atoms with Gasteiger partial charge in [0.25, 0.3) is 0 Å². The van der Waals surface area contributed by atoms with Crippen molar-refractivity contribution in [3.05, 3.63) is 279 Å². The molecule has 0 amide bonds. The number of rotatable bonds is 10. The van der Waals surface area contributed by atoms with E-state index in [2.05, 4.69) is 298 Å². The van der Waals surface area contributed by atoms with Crippen LogP contribution in [0.1, 0.15) is 0 Å². The molecule has 0 radical (unpaired) electrons. The normalized spacial score (nSPS) is 11.6. The monoisotopic (exact) mass is 950 g/mol. The third-order valence-corrected chi connectivity index (χ3v) is 15.4. The minimum Gasteiger partial charge on any atom is -0.311 e. The summed E-state index contributed by atoms with van der Waals surface area (Å²) in [7, 11) is 0. The first-order valence-electron chi connectivity index (χ1n) is 24.8. The zero-order valence-corrected chi connectivity index (χ0v) is 40.6. The molecule has 4 nitrogen and oxygen atoms in total. The maximum Gasteiger partial charge on any atom is 0.131 e. The van der Waals surface area contributed by atoms with Crippen molar-refractivity contribution in [2.24, 2.45) is 0 Å². The van der Waals surface area contributed by atoms with Gasteiger partial charge in [-0.15, -0.1) is 11.3 Å². The molecule has 3 heterocycles. The summed E-state index contributed by atoms with van der Waals surface area (Å²) >= 11 is 1.85. The second-order valence-electron chi connectivity index (χ2n) is 18.6. The molecule has 0 N–H and O–H groups in total. The van der Waals surface area contributed by atoms with Crippen molar-refractivity contribution in [1.29, 1.82) is 0 Å². The second-order valence-corrected chi connectivity index (χ2v) is 19.6. The highest BCUT2D eigenvalue weighted by Gasteiger charge is 2.24. The van der Waals surface area contributed by atoms with Gasteiger partial charge in [0.15, 0.2) is 0 Å². The van der Waals surface area contributed by atoms with Crippen LogP contribution in [0.4, 0.5) is 34.1 Å². The molecule has 5 heteroatoms. The Morgan fingerprint density at radius 1 is 0.260 bits per heavy atom. The third-order valence-electron chi connectivity index (χ3n) is 14.3. The zero-order valence-electron chi connectivity index (χ0n) is 39.8. The molecule has 0 aliphatic rings. The van der Waals surface area contributed by atoms with E-state index in [0.717, 1.165) is 78.9 Å². The van der Waals surface area contributed by atoms with Crippen LogP contribution in [0, 0.1) is 0 Å². The molecule has 11 aromatic carbocycles. The van der Waals surface area contributed by atoms with Crippen molar-refractivity contribution in [2.75, 3.05) is 9.80 Å². The predicted octanol–water partition coefficient (Wildman–Crippen LogP) is 19.4. The lowest BCUT2D eigenvalue weighted by Crippen LogP contribution is -2.09. The maximum absolute atomic E-state index is 2.47. The van der Waals surface area contributed by atoms with E-state index in [1.165, 1.54) is 41.9 Å². The summed E-state index contributed by atoms with van der Waals surface area (Å²) in [5.41, 5.74) is 17.0. The van der Waals surface area contributed by atoms with E-state index >= 15 is 0 Å². The fourth-order valence-corrected chi connectivity index (χ4v) is 12.1. The predicted molar refractivity (Wildman–Crippen MR) is 311 cm³/mol. The summed E-state index contributed by atoms with van der Waals surface area (Å²) in [4.78, 5) is 4.70. The SMILES string of the molecule is c1ccc(N(c2ccccc2)c2ccc(-c3ccc4c(c3)c3c5ccc(-c6cccc(N(c7ccccc7)c7ccc8c(c7)sc7ccccc78)c6)cc5n(-c5ccccc5)c3n4-c3ccccc3)cc2)cc1. The van der Waals surface area contributed by atoms with Gasteiger partial charge in [0.1, 0.15) is 5.65 Å². The molecule has 0 saturated heterocycles. The highest BCUT2D eigenvalue weighted by atomic mass is 32.1. The summed E-state index contributed by atoms with van der Waals surface area (Å²) in [5.74, 6) is 0. The molecule has 0 bridgehead atoms. The lowest BCUT2D eigenvalue weighted by atomic mass is 10.00. The third kappa shape index (κ3) is 7.37. The van der Waals surface area contributed by atoms with Crippen molar-refractivity contribution < 1.29 is 0 Å². The van der Waals surface area contributed by atoms with Gasteiger partial charge in [0.05, 0.1) is 11.0 Å². The molecular weight excluding hydrogens is 905 g/mol. The van der Waals surface area contributed by atoms with Gasteiger partial charge in [-0.25, -0.2) is 0 Å². The number of anilines is 6. The van der Waals surface area contributed by atoms with Gasteiger partial charge in [0.2, 0.25) is 0 Å². The Kier molecular flexibility index (Phi) is 10.3. The van der Waals surface area contributed by atoms with Gasteiger partial charge in [-0.2, -0.15) is 0 Å². The van der Waals surface area contributed by atoms with Gasteiger partial charge >= 0.3 is 0 Å². The van der Waals surface area contributed by atoms with Gasteiger partial charge in [-0.3, -0.25) is 9.13 Å². The Hall–Kier alpha value is -9.42. The number of aromatic nitrogens is 2. The van der Waals surface area contributed by atoms with Gasteiger partial charge in [-0.1, -0.05) is 158 Å². The van der Waals surface area contributed by atoms with Crippen molar-refractivity contribution in [3.8, 4) is 33.6 Å². The number of hydrogen-bond acceptors (Lipinski definition) is 3. The lowest BCUT2D eigenvalue weighted by Gasteiger charge is -2.26. The minimum atomic E-state index is 1.10. The highest BCUT2D eigenvalue weighted by molar-refractivity contribution is 7.25. The first-order chi connectivity index (χ1) is 36.2. The quantitative estimate of drug-likeness (QED) is 0.136. The summed E-state index contributed by atoms with van der Waals surface area (Å²) in [6.07, 6.45) is 0. The molecule has 0 atom stereocenters. The molecule has 0 aliphatic heterocycles. The highest BCUT2D eigenvalue weighted by Crippen LogP contribution is 2.46. The summed E-state index contributed by atoms with van der Waals surface area (Å²) in [6, 6.07) is 101. The van der Waals surface area contributed by atoms with Crippen LogP contribution in [0.5, 0.6) is 0 Å². The Bertz CT molecular complexity index is 4250. The standard InChI is InChI=1S/C68H46N4S/c1-6-20-51(21-7-1)69(52-22-8-2-9-23-52)56-37-33-47(34-38-56)49-36-42-63-62(44-49)67-61-40-35-50(45-64(61)72(55-28-14-5-15-29-55)68(67)71(63)54-26-12-4-13-27-54)48-19-18-30-57(43-48)70(53-24-10-3-11-25-53)58-39-41-60-59-31-16-17-32-65(59)73-66(60)46-58/h1-46H. The largest absolute Gasteiger partial charge is 0.311 e. The van der Waals surface area contributed by atoms with Crippen LogP contribution in [0.15, 0.2) is 279 Å². The average molecular weight is 951 g/mol. The molecule has 73 heavy (non-hydrogen) atoms. The number of para-hydroxylation sites is 5. The summed E-state index contributed by atoms with van der Waals surface area (Å²) in [5, 5.41) is 6.23. The fourth-order valence-electron chi connectivity index (χ4n) is 10.9. The Morgan fingerprint density at radius 2 is 0.712 bits per heavy atom. The van der Waals surface area contributed by atoms with E-state index in [1.807, 2.05) is 11.3 Å². The van der Waals surface area contributed by atoms with E-state index in [4.69, 9.17) is 0 Å². The van der Waals surface area contributed by atoms with E-state index in [9.17, 15) is 0 Å². The van der Waals surface area contributed by atoms with Crippen molar-refractivity contribution >= 4 is 98.5 Å². The van der Waals surface area contributed by atoms with Crippen LogP contribution < -0.4 is 9.80 Å². The molecule has 14 aromatic rings. The number of thiophene rings is 1. The topological polar surface area (TPSA) is 16.3 Å². The van der Waals surface area contributed by atoms with Crippen molar-refractivity contribution in [3.63, 3.8) is 0 Å². The molecule has 0 fully saturated rings. The molecule has 14 rings (SSSR count). The zero-order chi connectivity index (χ0) is 48.2. The molecule has 0 aliphatic carbocycles. The van der Waals surface area contributed by atoms with Crippen LogP contribution in [0.2, 0.25) is 0 Å². The molecular formula is C68H46N4S. The summed E-state index contributed by atoms with van der Waals surface area (Å²) in [6.45, 7) is 0. The van der Waals surface area contributed by atoms with Gasteiger partial charge in [-0.05, 0) is 144 Å². The van der Waals surface area contributed by atoms with Crippen LogP contribution in [0.25, 0.3) is 86.6 Å². The van der Waals surface area contributed by atoms with Crippen molar-refractivity contribution in [1.82, 2.24) is 9.13 Å². The molecule has 0 unspecified atom stereocenters. The number of nitrogens with zero attached hydrogens (tertiary/aromatic N) is 4. The number of benzene rings is 11. The second kappa shape index (κ2) is 17.8. The number of hydrogen-bond donors (Lipinski definition) is 0. The van der Waals surface area contributed by atoms with Gasteiger partial charge < -0.3 is 9.80 Å². The Morgan fingerprint density at radius 3 is 1.37 bits per heavy atom. The summed E-state index contributed by atoms with van der Waals surface area (Å²) < 4.78 is 7.51. The van der Waals surface area contributed by atoms with E-state index in [-0.39, 0.29) is 0 Å². The van der Waals surface area contributed by atoms with Crippen LogP contribution in [0.3, 0.4) is 0 Å². The fraction of sp³-hybridized carbons (Fsp3) is 0. The van der Waals surface area contributed by atoms with Crippen LogP contribution in [-0.4, -0.2) is 9.13 Å². The smallest absolute Gasteiger partial charge is 0.131 e. The van der Waals surface area contributed by atoms with E-state index in [1.54, 1.807) is 0 Å².